The van der Waals surface area contributed by atoms with Crippen LogP contribution in [0, 0.1) is 0 Å². The van der Waals surface area contributed by atoms with Gasteiger partial charge in [0.2, 0.25) is 0 Å². The van der Waals surface area contributed by atoms with E-state index in [1.54, 1.807) is 0 Å². The first kappa shape index (κ1) is 16.5. The van der Waals surface area contributed by atoms with Gasteiger partial charge in [0.1, 0.15) is 5.60 Å². The summed E-state index contributed by atoms with van der Waals surface area (Å²) < 4.78 is 5.29. The Morgan fingerprint density at radius 2 is 1.95 bits per heavy atom. The van der Waals surface area contributed by atoms with Crippen molar-refractivity contribution >= 4 is 11.8 Å². The van der Waals surface area contributed by atoms with Gasteiger partial charge in [-0.2, -0.15) is 0 Å². The summed E-state index contributed by atoms with van der Waals surface area (Å²) >= 11 is 0. The van der Waals surface area contributed by atoms with Crippen molar-refractivity contribution in [3.8, 4) is 0 Å². The first-order valence-electron chi connectivity index (χ1n) is 7.16. The Kier molecular flexibility index (Phi) is 6.02. The molecule has 0 radical (unpaired) electrons. The SMILES string of the molecule is CCCNC(C)c1ccccc1NC(=O)OC(C)(C)C. The lowest BCUT2D eigenvalue weighted by Gasteiger charge is -2.22. The standard InChI is InChI=1S/C16H26N2O2/c1-6-11-17-12(2)13-9-7-8-10-14(13)18-15(19)20-16(3,4)5/h7-10,12,17H,6,11H2,1-5H3,(H,18,19). The van der Waals surface area contributed by atoms with Crippen molar-refractivity contribution in [1.29, 1.82) is 0 Å². The van der Waals surface area contributed by atoms with Crippen LogP contribution in [0.2, 0.25) is 0 Å². The minimum atomic E-state index is -0.495. The number of hydrogen-bond acceptors (Lipinski definition) is 3. The fraction of sp³-hybridized carbons (Fsp3) is 0.562. The van der Waals surface area contributed by atoms with Gasteiger partial charge in [-0.1, -0.05) is 25.1 Å². The van der Waals surface area contributed by atoms with Crippen molar-refractivity contribution in [3.63, 3.8) is 0 Å². The smallest absolute Gasteiger partial charge is 0.412 e. The normalized spacial score (nSPS) is 12.8. The van der Waals surface area contributed by atoms with Gasteiger partial charge in [0.05, 0.1) is 0 Å². The molecule has 1 unspecified atom stereocenters. The van der Waals surface area contributed by atoms with E-state index in [0.29, 0.717) is 0 Å². The number of nitrogens with one attached hydrogen (secondary N) is 2. The van der Waals surface area contributed by atoms with Gasteiger partial charge in [-0.05, 0) is 52.3 Å². The van der Waals surface area contributed by atoms with Crippen LogP contribution >= 0.6 is 0 Å². The number of rotatable bonds is 5. The number of carbonyl (C=O) groups excluding carboxylic acids is 1. The van der Waals surface area contributed by atoms with Crippen LogP contribution in [0.3, 0.4) is 0 Å². The summed E-state index contributed by atoms with van der Waals surface area (Å²) in [7, 11) is 0. The Labute approximate surface area is 121 Å². The third kappa shape index (κ3) is 5.61. The Morgan fingerprint density at radius 3 is 2.55 bits per heavy atom. The van der Waals surface area contributed by atoms with Crippen molar-refractivity contribution in [2.45, 2.75) is 52.7 Å². The molecule has 1 aromatic rings. The Bertz CT molecular complexity index is 438. The number of para-hydroxylation sites is 1. The summed E-state index contributed by atoms with van der Waals surface area (Å²) in [5.41, 5.74) is 1.36. The molecule has 4 heteroatoms. The van der Waals surface area contributed by atoms with E-state index in [1.807, 2.05) is 45.0 Å². The lowest BCUT2D eigenvalue weighted by molar-refractivity contribution is 0.0635. The number of ether oxygens (including phenoxy) is 1. The molecule has 0 aliphatic carbocycles. The zero-order chi connectivity index (χ0) is 15.2. The van der Waals surface area contributed by atoms with Crippen LogP contribution in [-0.4, -0.2) is 18.2 Å². The van der Waals surface area contributed by atoms with E-state index in [-0.39, 0.29) is 6.04 Å². The lowest BCUT2D eigenvalue weighted by atomic mass is 10.1. The second kappa shape index (κ2) is 7.29. The zero-order valence-electron chi connectivity index (χ0n) is 13.1. The fourth-order valence-electron chi connectivity index (χ4n) is 1.87. The number of anilines is 1. The molecule has 1 aromatic carbocycles. The topological polar surface area (TPSA) is 50.4 Å². The molecule has 1 amide bonds. The van der Waals surface area contributed by atoms with Gasteiger partial charge < -0.3 is 10.1 Å². The molecular weight excluding hydrogens is 252 g/mol. The van der Waals surface area contributed by atoms with Gasteiger partial charge in [0.25, 0.3) is 0 Å². The average molecular weight is 278 g/mol. The van der Waals surface area contributed by atoms with Crippen molar-refractivity contribution in [2.24, 2.45) is 0 Å². The minimum Gasteiger partial charge on any atom is -0.444 e. The second-order valence-corrected chi connectivity index (χ2v) is 5.89. The van der Waals surface area contributed by atoms with E-state index >= 15 is 0 Å². The van der Waals surface area contributed by atoms with E-state index in [1.165, 1.54) is 0 Å². The summed E-state index contributed by atoms with van der Waals surface area (Å²) in [6.07, 6.45) is 0.652. The van der Waals surface area contributed by atoms with Crippen LogP contribution in [0.5, 0.6) is 0 Å². The molecule has 0 aliphatic rings. The molecule has 0 aliphatic heterocycles. The summed E-state index contributed by atoms with van der Waals surface area (Å²) in [6, 6.07) is 7.97. The molecule has 0 heterocycles. The van der Waals surface area contributed by atoms with Gasteiger partial charge in [-0.3, -0.25) is 5.32 Å². The first-order chi connectivity index (χ1) is 9.33. The Balaban J connectivity index is 2.77. The van der Waals surface area contributed by atoms with Gasteiger partial charge >= 0.3 is 6.09 Å². The quantitative estimate of drug-likeness (QED) is 0.852. The third-order valence-corrected chi connectivity index (χ3v) is 2.76. The zero-order valence-corrected chi connectivity index (χ0v) is 13.1. The largest absolute Gasteiger partial charge is 0.444 e. The van der Waals surface area contributed by atoms with Crippen molar-refractivity contribution in [2.75, 3.05) is 11.9 Å². The van der Waals surface area contributed by atoms with Crippen molar-refractivity contribution < 1.29 is 9.53 Å². The van der Waals surface area contributed by atoms with Gasteiger partial charge in [-0.15, -0.1) is 0 Å². The van der Waals surface area contributed by atoms with Crippen LogP contribution in [0.25, 0.3) is 0 Å². The van der Waals surface area contributed by atoms with Crippen LogP contribution in [-0.2, 0) is 4.74 Å². The molecule has 112 valence electrons. The lowest BCUT2D eigenvalue weighted by Crippen LogP contribution is -2.28. The molecule has 20 heavy (non-hydrogen) atoms. The Hall–Kier alpha value is -1.55. The van der Waals surface area contributed by atoms with E-state index < -0.39 is 11.7 Å². The minimum absolute atomic E-state index is 0.182. The first-order valence-corrected chi connectivity index (χ1v) is 7.16. The van der Waals surface area contributed by atoms with E-state index in [4.69, 9.17) is 4.74 Å². The Morgan fingerprint density at radius 1 is 1.30 bits per heavy atom. The fourth-order valence-corrected chi connectivity index (χ4v) is 1.87. The highest BCUT2D eigenvalue weighted by Crippen LogP contribution is 2.23. The number of carbonyl (C=O) groups is 1. The van der Waals surface area contributed by atoms with Crippen molar-refractivity contribution in [3.05, 3.63) is 29.8 Å². The van der Waals surface area contributed by atoms with Crippen LogP contribution in [0.15, 0.2) is 24.3 Å². The molecule has 1 rings (SSSR count). The number of benzene rings is 1. The van der Waals surface area contributed by atoms with Gasteiger partial charge in [0, 0.05) is 11.7 Å². The molecule has 0 saturated heterocycles. The summed E-state index contributed by atoms with van der Waals surface area (Å²) in [4.78, 5) is 11.9. The molecule has 0 bridgehead atoms. The number of hydrogen-bond donors (Lipinski definition) is 2. The van der Waals surface area contributed by atoms with Gasteiger partial charge in [0.15, 0.2) is 0 Å². The second-order valence-electron chi connectivity index (χ2n) is 5.89. The molecule has 1 atom stereocenters. The molecule has 2 N–H and O–H groups in total. The maximum absolute atomic E-state index is 11.9. The number of amides is 1. The van der Waals surface area contributed by atoms with Crippen molar-refractivity contribution in [1.82, 2.24) is 5.32 Å². The molecule has 0 aromatic heterocycles. The molecule has 0 saturated carbocycles. The van der Waals surface area contributed by atoms with E-state index in [9.17, 15) is 4.79 Å². The highest BCUT2D eigenvalue weighted by atomic mass is 16.6. The molecule has 4 nitrogen and oxygen atoms in total. The predicted molar refractivity (Wildman–Crippen MR) is 83.0 cm³/mol. The highest BCUT2D eigenvalue weighted by molar-refractivity contribution is 5.86. The van der Waals surface area contributed by atoms with E-state index in [2.05, 4.69) is 24.5 Å². The summed E-state index contributed by atoms with van der Waals surface area (Å²) in [6.45, 7) is 10.7. The van der Waals surface area contributed by atoms with Crippen LogP contribution in [0.1, 0.15) is 52.6 Å². The van der Waals surface area contributed by atoms with Gasteiger partial charge in [-0.25, -0.2) is 4.79 Å². The predicted octanol–water partition coefficient (Wildman–Crippen LogP) is 4.09. The summed E-state index contributed by atoms with van der Waals surface area (Å²) in [5.74, 6) is 0. The maximum Gasteiger partial charge on any atom is 0.412 e. The third-order valence-electron chi connectivity index (χ3n) is 2.76. The maximum atomic E-state index is 11.9. The van der Waals surface area contributed by atoms with E-state index in [0.717, 1.165) is 24.2 Å². The van der Waals surface area contributed by atoms with Crippen LogP contribution < -0.4 is 10.6 Å². The highest BCUT2D eigenvalue weighted by Gasteiger charge is 2.18. The molecular formula is C16H26N2O2. The summed E-state index contributed by atoms with van der Waals surface area (Å²) in [5, 5.41) is 6.24. The monoisotopic (exact) mass is 278 g/mol. The van der Waals surface area contributed by atoms with Crippen LogP contribution in [0.4, 0.5) is 10.5 Å². The average Bonchev–Trinajstić information content (AvgIpc) is 2.34. The molecule has 0 fully saturated rings. The molecule has 0 spiro atoms.